The first-order valence-electron chi connectivity index (χ1n) is 10.6. The highest BCUT2D eigenvalue weighted by atomic mass is 16.7. The van der Waals surface area contributed by atoms with Gasteiger partial charge in [-0.25, -0.2) is 0 Å². The van der Waals surface area contributed by atoms with Crippen LogP contribution in [0.5, 0.6) is 11.5 Å². The molecule has 0 unspecified atom stereocenters. The second-order valence-electron chi connectivity index (χ2n) is 8.10. The Bertz CT molecular complexity index is 1180. The first-order valence-corrected chi connectivity index (χ1v) is 10.6. The molecule has 2 atom stereocenters. The van der Waals surface area contributed by atoms with E-state index in [-0.39, 0.29) is 25.7 Å². The third-order valence-corrected chi connectivity index (χ3v) is 6.04. The number of carbonyl (C=O) groups is 4. The van der Waals surface area contributed by atoms with Crippen LogP contribution in [-0.4, -0.2) is 54.0 Å². The Balaban J connectivity index is 1.39. The molecule has 3 amide bonds. The summed E-state index contributed by atoms with van der Waals surface area (Å²) in [6.45, 7) is 0.449. The van der Waals surface area contributed by atoms with Crippen molar-refractivity contribution in [3.05, 3.63) is 42.0 Å². The standard InChI is InChI=1S/C23H21N3O7/c27-19(5-6-20(28)29)24-16-7-8-26-21(16)22(30)25-15-3-1-12(9-14(15)23(26)31)13-2-4-17-18(10-13)33-11-32-17/h1-4,9-10,16,21H,5-8,11H2,(H,24,27)(H,25,30)(H,28,29)/p-1/t16-,21-/m0/s1. The fourth-order valence-corrected chi connectivity index (χ4v) is 4.44. The van der Waals surface area contributed by atoms with Gasteiger partial charge in [-0.3, -0.25) is 14.4 Å². The van der Waals surface area contributed by atoms with E-state index in [1.54, 1.807) is 24.3 Å². The summed E-state index contributed by atoms with van der Waals surface area (Å²) in [6, 6.07) is 9.23. The summed E-state index contributed by atoms with van der Waals surface area (Å²) >= 11 is 0. The van der Waals surface area contributed by atoms with Gasteiger partial charge in [0.15, 0.2) is 11.5 Å². The monoisotopic (exact) mass is 450 g/mol. The van der Waals surface area contributed by atoms with Crippen LogP contribution in [0.15, 0.2) is 36.4 Å². The van der Waals surface area contributed by atoms with Gasteiger partial charge in [-0.2, -0.15) is 0 Å². The second kappa shape index (κ2) is 8.12. The molecule has 0 saturated carbocycles. The maximum Gasteiger partial charge on any atom is 0.256 e. The van der Waals surface area contributed by atoms with E-state index in [0.717, 1.165) is 11.1 Å². The lowest BCUT2D eigenvalue weighted by Crippen LogP contribution is -2.51. The SMILES string of the molecule is O=C([O-])CCC(=O)N[C@H]1CCN2C(=O)c3cc(-c4ccc5c(c4)OCO5)ccc3NC(=O)[C@H]12. The number of hydrogen-bond acceptors (Lipinski definition) is 7. The molecular weight excluding hydrogens is 430 g/mol. The number of carboxylic acid groups (broad SMARTS) is 1. The summed E-state index contributed by atoms with van der Waals surface area (Å²) in [4.78, 5) is 50.5. The lowest BCUT2D eigenvalue weighted by Gasteiger charge is -2.25. The quantitative estimate of drug-likeness (QED) is 0.667. The van der Waals surface area contributed by atoms with E-state index in [2.05, 4.69) is 10.6 Å². The zero-order valence-electron chi connectivity index (χ0n) is 17.5. The average molecular weight is 450 g/mol. The highest BCUT2D eigenvalue weighted by Crippen LogP contribution is 2.37. The number of carbonyl (C=O) groups excluding carboxylic acids is 4. The fraction of sp³-hybridized carbons (Fsp3) is 0.304. The van der Waals surface area contributed by atoms with Gasteiger partial charge in [-0.05, 0) is 48.2 Å². The van der Waals surface area contributed by atoms with Crippen molar-refractivity contribution in [2.75, 3.05) is 18.7 Å². The van der Waals surface area contributed by atoms with Crippen LogP contribution in [-0.2, 0) is 14.4 Å². The van der Waals surface area contributed by atoms with Gasteiger partial charge in [-0.15, -0.1) is 0 Å². The molecule has 2 N–H and O–H groups in total. The lowest BCUT2D eigenvalue weighted by molar-refractivity contribution is -0.305. The first-order chi connectivity index (χ1) is 15.9. The average Bonchev–Trinajstić information content (AvgIpc) is 3.41. The van der Waals surface area contributed by atoms with Crippen LogP contribution in [0.25, 0.3) is 11.1 Å². The number of amides is 3. The molecule has 0 aromatic heterocycles. The molecule has 0 bridgehead atoms. The molecule has 10 heteroatoms. The molecule has 3 aliphatic heterocycles. The van der Waals surface area contributed by atoms with Gasteiger partial charge in [0.1, 0.15) is 6.04 Å². The Labute approximate surface area is 188 Å². The summed E-state index contributed by atoms with van der Waals surface area (Å²) in [5, 5.41) is 16.1. The number of anilines is 1. The zero-order valence-corrected chi connectivity index (χ0v) is 17.5. The minimum atomic E-state index is -1.32. The van der Waals surface area contributed by atoms with Crippen LogP contribution >= 0.6 is 0 Å². The van der Waals surface area contributed by atoms with Gasteiger partial charge in [0.2, 0.25) is 18.6 Å². The van der Waals surface area contributed by atoms with Gasteiger partial charge < -0.3 is 34.9 Å². The summed E-state index contributed by atoms with van der Waals surface area (Å²) < 4.78 is 10.8. The van der Waals surface area contributed by atoms with E-state index in [0.29, 0.717) is 29.2 Å². The number of aliphatic carboxylic acids is 1. The molecule has 3 aliphatic rings. The topological polar surface area (TPSA) is 137 Å². The Morgan fingerprint density at radius 2 is 1.82 bits per heavy atom. The van der Waals surface area contributed by atoms with Gasteiger partial charge >= 0.3 is 0 Å². The van der Waals surface area contributed by atoms with Crippen molar-refractivity contribution in [2.45, 2.75) is 31.3 Å². The van der Waals surface area contributed by atoms with Gasteiger partial charge in [0.05, 0.1) is 17.3 Å². The van der Waals surface area contributed by atoms with E-state index in [9.17, 15) is 24.3 Å². The Kier molecular flexibility index (Phi) is 5.12. The highest BCUT2D eigenvalue weighted by Gasteiger charge is 2.45. The molecule has 3 heterocycles. The number of hydrogen-bond donors (Lipinski definition) is 2. The van der Waals surface area contributed by atoms with Crippen LogP contribution in [0.1, 0.15) is 29.6 Å². The van der Waals surface area contributed by atoms with E-state index in [4.69, 9.17) is 9.47 Å². The summed E-state index contributed by atoms with van der Waals surface area (Å²) in [6.07, 6.45) is -0.273. The third-order valence-electron chi connectivity index (χ3n) is 6.04. The Morgan fingerprint density at radius 3 is 2.64 bits per heavy atom. The van der Waals surface area contributed by atoms with Crippen LogP contribution in [0, 0.1) is 0 Å². The number of nitrogens with one attached hydrogen (secondary N) is 2. The van der Waals surface area contributed by atoms with E-state index < -0.39 is 36.3 Å². The van der Waals surface area contributed by atoms with Crippen LogP contribution in [0.2, 0.25) is 0 Å². The number of ether oxygens (including phenoxy) is 2. The van der Waals surface area contributed by atoms with Crippen molar-refractivity contribution >= 4 is 29.4 Å². The number of carboxylic acids is 1. The van der Waals surface area contributed by atoms with Gasteiger partial charge in [-0.1, -0.05) is 12.1 Å². The summed E-state index contributed by atoms with van der Waals surface area (Å²) in [5.74, 6) is -1.26. The highest BCUT2D eigenvalue weighted by molar-refractivity contribution is 6.11. The normalized spacial score (nSPS) is 20.5. The fourth-order valence-electron chi connectivity index (χ4n) is 4.44. The van der Waals surface area contributed by atoms with Gasteiger partial charge in [0.25, 0.3) is 5.91 Å². The molecular formula is C23H20N3O7-. The third kappa shape index (κ3) is 3.84. The van der Waals surface area contributed by atoms with Crippen LogP contribution in [0.4, 0.5) is 5.69 Å². The van der Waals surface area contributed by atoms with E-state index in [1.807, 2.05) is 12.1 Å². The smallest absolute Gasteiger partial charge is 0.256 e. The molecule has 170 valence electrons. The van der Waals surface area contributed by atoms with Gasteiger partial charge in [0, 0.05) is 18.9 Å². The molecule has 1 saturated heterocycles. The van der Waals surface area contributed by atoms with Crippen molar-refractivity contribution in [3.63, 3.8) is 0 Å². The van der Waals surface area contributed by atoms with E-state index >= 15 is 0 Å². The molecule has 10 nitrogen and oxygen atoms in total. The Morgan fingerprint density at radius 1 is 1.06 bits per heavy atom. The number of fused-ring (bicyclic) bond motifs is 3. The molecule has 2 aromatic rings. The van der Waals surface area contributed by atoms with Crippen molar-refractivity contribution in [2.24, 2.45) is 0 Å². The lowest BCUT2D eigenvalue weighted by atomic mass is 10.0. The molecule has 5 rings (SSSR count). The molecule has 1 fully saturated rings. The van der Waals surface area contributed by atoms with Crippen molar-refractivity contribution in [3.8, 4) is 22.6 Å². The van der Waals surface area contributed by atoms with Crippen molar-refractivity contribution < 1.29 is 33.8 Å². The largest absolute Gasteiger partial charge is 0.550 e. The minimum Gasteiger partial charge on any atom is -0.550 e. The molecule has 0 radical (unpaired) electrons. The first kappa shape index (κ1) is 20.8. The maximum atomic E-state index is 13.4. The van der Waals surface area contributed by atoms with Crippen LogP contribution < -0.4 is 25.2 Å². The molecule has 2 aromatic carbocycles. The predicted molar refractivity (Wildman–Crippen MR) is 112 cm³/mol. The van der Waals surface area contributed by atoms with Crippen molar-refractivity contribution in [1.82, 2.24) is 10.2 Å². The van der Waals surface area contributed by atoms with Crippen molar-refractivity contribution in [1.29, 1.82) is 0 Å². The summed E-state index contributed by atoms with van der Waals surface area (Å²) in [7, 11) is 0. The van der Waals surface area contributed by atoms with Crippen LogP contribution in [0.3, 0.4) is 0 Å². The molecule has 33 heavy (non-hydrogen) atoms. The zero-order chi connectivity index (χ0) is 23.1. The number of nitrogens with zero attached hydrogens (tertiary/aromatic N) is 1. The maximum absolute atomic E-state index is 13.4. The number of benzene rings is 2. The Hall–Kier alpha value is -4.08. The number of rotatable bonds is 5. The molecule has 0 spiro atoms. The second-order valence-corrected chi connectivity index (χ2v) is 8.10. The van der Waals surface area contributed by atoms with E-state index in [1.165, 1.54) is 4.90 Å². The molecule has 0 aliphatic carbocycles. The minimum absolute atomic E-state index is 0.161. The predicted octanol–water partition coefficient (Wildman–Crippen LogP) is 0.264. The summed E-state index contributed by atoms with van der Waals surface area (Å²) in [5.41, 5.74) is 2.36.